The first kappa shape index (κ1) is 25.9. The molecule has 0 spiro atoms. The highest BCUT2D eigenvalue weighted by molar-refractivity contribution is 6.33. The SMILES string of the molecule is COC[C@H]1Cn2cc(-c3cc(Nc4cn(C)nc4C)ncc3Cl)cc2C(=O)N1Cc1cc(F)ccc1CO. The van der Waals surface area contributed by atoms with E-state index in [1.54, 1.807) is 29.0 Å². The Morgan fingerprint density at radius 2 is 2.05 bits per heavy atom. The third-order valence-corrected chi connectivity index (χ3v) is 7.01. The summed E-state index contributed by atoms with van der Waals surface area (Å²) in [5, 5.41) is 17.8. The molecule has 11 heteroatoms. The number of rotatable bonds is 8. The number of anilines is 2. The molecule has 1 atom stereocenters. The monoisotopic (exact) mass is 538 g/mol. The van der Waals surface area contributed by atoms with Crippen LogP contribution in [-0.2, 0) is 31.5 Å². The fourth-order valence-electron chi connectivity index (χ4n) is 4.83. The number of aromatic nitrogens is 4. The van der Waals surface area contributed by atoms with E-state index in [9.17, 15) is 14.3 Å². The van der Waals surface area contributed by atoms with Crippen molar-refractivity contribution in [3.8, 4) is 11.1 Å². The van der Waals surface area contributed by atoms with E-state index in [1.165, 1.54) is 18.2 Å². The van der Waals surface area contributed by atoms with Crippen LogP contribution in [0.2, 0.25) is 5.02 Å². The number of nitrogens with one attached hydrogen (secondary N) is 1. The predicted octanol–water partition coefficient (Wildman–Crippen LogP) is 4.29. The molecule has 198 valence electrons. The van der Waals surface area contributed by atoms with Gasteiger partial charge in [0.05, 0.1) is 35.7 Å². The number of aliphatic hydroxyl groups excluding tert-OH is 1. The summed E-state index contributed by atoms with van der Waals surface area (Å²) in [6.45, 7) is 2.60. The van der Waals surface area contributed by atoms with Crippen LogP contribution in [0.15, 0.2) is 48.9 Å². The van der Waals surface area contributed by atoms with Crippen molar-refractivity contribution in [1.29, 1.82) is 0 Å². The lowest BCUT2D eigenvalue weighted by atomic mass is 10.0. The van der Waals surface area contributed by atoms with Crippen molar-refractivity contribution in [1.82, 2.24) is 24.2 Å². The average molecular weight is 539 g/mol. The molecule has 1 aromatic carbocycles. The lowest BCUT2D eigenvalue weighted by Gasteiger charge is -2.36. The van der Waals surface area contributed by atoms with Crippen LogP contribution in [0.4, 0.5) is 15.9 Å². The summed E-state index contributed by atoms with van der Waals surface area (Å²) < 4.78 is 23.0. The van der Waals surface area contributed by atoms with Gasteiger partial charge in [0.2, 0.25) is 0 Å². The summed E-state index contributed by atoms with van der Waals surface area (Å²) in [6.07, 6.45) is 5.34. The number of halogens is 2. The van der Waals surface area contributed by atoms with Crippen LogP contribution in [0.3, 0.4) is 0 Å². The summed E-state index contributed by atoms with van der Waals surface area (Å²) in [7, 11) is 3.43. The second kappa shape index (κ2) is 10.6. The molecule has 0 bridgehead atoms. The number of amides is 1. The Balaban J connectivity index is 1.47. The number of fused-ring (bicyclic) bond motifs is 1. The lowest BCUT2D eigenvalue weighted by molar-refractivity contribution is 0.0386. The molecule has 0 fully saturated rings. The van der Waals surface area contributed by atoms with Crippen LogP contribution < -0.4 is 5.32 Å². The lowest BCUT2D eigenvalue weighted by Crippen LogP contribution is -2.49. The Hall–Kier alpha value is -3.73. The van der Waals surface area contributed by atoms with E-state index >= 15 is 0 Å². The Kier molecular flexibility index (Phi) is 7.20. The van der Waals surface area contributed by atoms with Gasteiger partial charge in [0, 0.05) is 57.0 Å². The van der Waals surface area contributed by atoms with E-state index in [-0.39, 0.29) is 25.1 Å². The molecule has 9 nitrogen and oxygen atoms in total. The first-order valence-electron chi connectivity index (χ1n) is 12.1. The van der Waals surface area contributed by atoms with Crippen LogP contribution >= 0.6 is 11.6 Å². The number of carbonyl (C=O) groups is 1. The molecule has 1 amide bonds. The quantitative estimate of drug-likeness (QED) is 0.347. The first-order chi connectivity index (χ1) is 18.3. The van der Waals surface area contributed by atoms with Gasteiger partial charge in [-0.05, 0) is 42.3 Å². The number of benzene rings is 1. The number of aryl methyl sites for hydroxylation is 2. The largest absolute Gasteiger partial charge is 0.392 e. The summed E-state index contributed by atoms with van der Waals surface area (Å²) >= 11 is 6.54. The second-order valence-electron chi connectivity index (χ2n) is 9.36. The molecule has 0 aliphatic carbocycles. The molecule has 5 rings (SSSR count). The number of ether oxygens (including phenoxy) is 1. The predicted molar refractivity (Wildman–Crippen MR) is 142 cm³/mol. The molecule has 2 N–H and O–H groups in total. The number of aliphatic hydroxyl groups is 1. The van der Waals surface area contributed by atoms with Gasteiger partial charge in [0.1, 0.15) is 17.3 Å². The van der Waals surface area contributed by atoms with E-state index in [2.05, 4.69) is 15.4 Å². The molecule has 0 saturated heterocycles. The van der Waals surface area contributed by atoms with Crippen LogP contribution in [0.25, 0.3) is 11.1 Å². The van der Waals surface area contributed by atoms with Crippen LogP contribution in [-0.4, -0.2) is 55.0 Å². The van der Waals surface area contributed by atoms with Crippen molar-refractivity contribution in [2.45, 2.75) is 32.7 Å². The van der Waals surface area contributed by atoms with E-state index in [4.69, 9.17) is 16.3 Å². The van der Waals surface area contributed by atoms with Crippen molar-refractivity contribution in [2.75, 3.05) is 19.0 Å². The fourth-order valence-corrected chi connectivity index (χ4v) is 5.04. The third-order valence-electron chi connectivity index (χ3n) is 6.71. The maximum atomic E-state index is 14.0. The van der Waals surface area contributed by atoms with Gasteiger partial charge in [0.25, 0.3) is 5.91 Å². The third kappa shape index (κ3) is 5.02. The van der Waals surface area contributed by atoms with Gasteiger partial charge in [-0.25, -0.2) is 9.37 Å². The van der Waals surface area contributed by atoms with Gasteiger partial charge in [-0.3, -0.25) is 9.48 Å². The topological polar surface area (TPSA) is 97.4 Å². The normalized spacial score (nSPS) is 15.2. The molecule has 0 radical (unpaired) electrons. The minimum absolute atomic E-state index is 0.148. The number of carbonyl (C=O) groups excluding carboxylic acids is 1. The van der Waals surface area contributed by atoms with Gasteiger partial charge in [-0.1, -0.05) is 17.7 Å². The smallest absolute Gasteiger partial charge is 0.271 e. The van der Waals surface area contributed by atoms with Crippen LogP contribution in [0.1, 0.15) is 27.3 Å². The molecule has 1 aliphatic heterocycles. The fraction of sp³-hybridized carbons (Fsp3) is 0.296. The molecule has 38 heavy (non-hydrogen) atoms. The van der Waals surface area contributed by atoms with Crippen molar-refractivity contribution < 1.29 is 19.0 Å². The van der Waals surface area contributed by atoms with Crippen LogP contribution in [0.5, 0.6) is 0 Å². The van der Waals surface area contributed by atoms with Crippen molar-refractivity contribution in [3.05, 3.63) is 82.3 Å². The average Bonchev–Trinajstić information content (AvgIpc) is 3.45. The van der Waals surface area contributed by atoms with E-state index in [0.29, 0.717) is 40.8 Å². The van der Waals surface area contributed by atoms with Gasteiger partial charge in [-0.2, -0.15) is 5.10 Å². The Morgan fingerprint density at radius 1 is 1.24 bits per heavy atom. The molecular formula is C27H28ClFN6O3. The maximum Gasteiger partial charge on any atom is 0.271 e. The summed E-state index contributed by atoms with van der Waals surface area (Å²) in [4.78, 5) is 19.8. The molecule has 4 heterocycles. The van der Waals surface area contributed by atoms with E-state index in [0.717, 1.165) is 22.5 Å². The van der Waals surface area contributed by atoms with Crippen molar-refractivity contribution >= 4 is 29.0 Å². The highest BCUT2D eigenvalue weighted by Crippen LogP contribution is 2.34. The highest BCUT2D eigenvalue weighted by atomic mass is 35.5. The number of hydrogen-bond donors (Lipinski definition) is 2. The molecule has 1 aliphatic rings. The number of hydrogen-bond acceptors (Lipinski definition) is 6. The summed E-state index contributed by atoms with van der Waals surface area (Å²) in [5.74, 6) is -0.0430. The minimum atomic E-state index is -0.422. The molecule has 0 saturated carbocycles. The number of nitrogens with zero attached hydrogens (tertiary/aromatic N) is 5. The maximum absolute atomic E-state index is 14.0. The Labute approximate surface area is 224 Å². The molecule has 3 aromatic heterocycles. The van der Waals surface area contributed by atoms with E-state index in [1.807, 2.05) is 37.0 Å². The molecule has 4 aromatic rings. The number of methoxy groups -OCH3 is 1. The van der Waals surface area contributed by atoms with E-state index < -0.39 is 5.82 Å². The summed E-state index contributed by atoms with van der Waals surface area (Å²) in [5.41, 5.74) is 4.78. The second-order valence-corrected chi connectivity index (χ2v) is 9.76. The zero-order valence-electron chi connectivity index (χ0n) is 21.3. The van der Waals surface area contributed by atoms with Gasteiger partial charge in [0.15, 0.2) is 0 Å². The van der Waals surface area contributed by atoms with Crippen molar-refractivity contribution in [2.24, 2.45) is 7.05 Å². The molecular weight excluding hydrogens is 511 g/mol. The highest BCUT2D eigenvalue weighted by Gasteiger charge is 2.34. The van der Waals surface area contributed by atoms with Crippen molar-refractivity contribution in [3.63, 3.8) is 0 Å². The first-order valence-corrected chi connectivity index (χ1v) is 12.5. The van der Waals surface area contributed by atoms with Gasteiger partial charge >= 0.3 is 0 Å². The van der Waals surface area contributed by atoms with Crippen LogP contribution in [0, 0.1) is 12.7 Å². The zero-order chi connectivity index (χ0) is 27.0. The van der Waals surface area contributed by atoms with Gasteiger partial charge < -0.3 is 24.6 Å². The Morgan fingerprint density at radius 3 is 2.76 bits per heavy atom. The minimum Gasteiger partial charge on any atom is -0.392 e. The molecule has 0 unspecified atom stereocenters. The zero-order valence-corrected chi connectivity index (χ0v) is 22.0. The number of pyridine rings is 1. The standard InChI is InChI=1S/C27H28ClFN6O3/c1-16-24(13-33(2)32-16)31-26-8-22(23(28)9-30-26)19-7-25-27(37)35(21(15-38-3)12-34(25)10-19)11-18-6-20(29)5-4-17(18)14-36/h4-10,13,21,36H,11-12,14-15H2,1-3H3,(H,30,31)/t21-/m1/s1. The Bertz CT molecular complexity index is 1500. The van der Waals surface area contributed by atoms with Gasteiger partial charge in [-0.15, -0.1) is 0 Å². The summed E-state index contributed by atoms with van der Waals surface area (Å²) in [6, 6.07) is 7.55.